The molecule has 17 heavy (non-hydrogen) atoms. The second-order valence-corrected chi connectivity index (χ2v) is 5.02. The van der Waals surface area contributed by atoms with Gasteiger partial charge in [0.15, 0.2) is 0 Å². The van der Waals surface area contributed by atoms with Gasteiger partial charge in [0.2, 0.25) is 0 Å². The van der Waals surface area contributed by atoms with Gasteiger partial charge in [-0.1, -0.05) is 12.1 Å². The smallest absolute Gasteiger partial charge is 0.123 e. The fourth-order valence-electron chi connectivity index (χ4n) is 2.40. The highest BCUT2D eigenvalue weighted by atomic mass is 19.1. The van der Waals surface area contributed by atoms with Gasteiger partial charge in [0.05, 0.1) is 0 Å². The molecular formula is C14H21FN2. The van der Waals surface area contributed by atoms with Crippen molar-refractivity contribution in [2.24, 2.45) is 0 Å². The molecule has 0 aliphatic carbocycles. The number of likely N-dealkylation sites (tertiary alicyclic amines) is 1. The van der Waals surface area contributed by atoms with Crippen LogP contribution in [-0.2, 0) is 0 Å². The molecule has 0 saturated carbocycles. The predicted octanol–water partition coefficient (Wildman–Crippen LogP) is 2.57. The molecule has 1 atom stereocenters. The van der Waals surface area contributed by atoms with Crippen molar-refractivity contribution in [3.8, 4) is 0 Å². The second kappa shape index (κ2) is 5.61. The highest BCUT2D eigenvalue weighted by Crippen LogP contribution is 2.17. The zero-order valence-electron chi connectivity index (χ0n) is 10.6. The molecule has 0 aromatic heterocycles. The summed E-state index contributed by atoms with van der Waals surface area (Å²) in [6.07, 6.45) is 2.35. The molecule has 2 rings (SSSR count). The Bertz CT molecular complexity index is 359. The van der Waals surface area contributed by atoms with Crippen molar-refractivity contribution in [3.63, 3.8) is 0 Å². The zero-order chi connectivity index (χ0) is 12.3. The third-order valence-electron chi connectivity index (χ3n) is 3.55. The summed E-state index contributed by atoms with van der Waals surface area (Å²) >= 11 is 0. The van der Waals surface area contributed by atoms with E-state index in [9.17, 15) is 4.39 Å². The van der Waals surface area contributed by atoms with E-state index >= 15 is 0 Å². The summed E-state index contributed by atoms with van der Waals surface area (Å²) in [6, 6.07) is 7.65. The summed E-state index contributed by atoms with van der Waals surface area (Å²) in [6.45, 7) is 4.40. The molecule has 1 aliphatic rings. The molecule has 1 saturated heterocycles. The van der Waals surface area contributed by atoms with Gasteiger partial charge in [-0.2, -0.15) is 0 Å². The van der Waals surface area contributed by atoms with Crippen LogP contribution in [0.4, 0.5) is 4.39 Å². The number of benzene rings is 1. The monoisotopic (exact) mass is 236 g/mol. The molecule has 0 amide bonds. The van der Waals surface area contributed by atoms with E-state index in [-0.39, 0.29) is 11.9 Å². The molecule has 1 heterocycles. The first-order valence-corrected chi connectivity index (χ1v) is 6.35. The molecule has 1 aromatic rings. The van der Waals surface area contributed by atoms with Crippen LogP contribution in [0.25, 0.3) is 0 Å². The van der Waals surface area contributed by atoms with Gasteiger partial charge in [-0.05, 0) is 57.6 Å². The Labute approximate surface area is 103 Å². The third-order valence-corrected chi connectivity index (χ3v) is 3.55. The van der Waals surface area contributed by atoms with Crippen LogP contribution in [0.1, 0.15) is 31.4 Å². The normalized spacial score (nSPS) is 20.4. The third kappa shape index (κ3) is 3.51. The van der Waals surface area contributed by atoms with Crippen molar-refractivity contribution >= 4 is 0 Å². The SMILES string of the molecule is C[C@H](NC1CCN(C)CC1)c1cccc(F)c1. The fourth-order valence-corrected chi connectivity index (χ4v) is 2.40. The Kier molecular flexibility index (Phi) is 4.13. The van der Waals surface area contributed by atoms with E-state index in [4.69, 9.17) is 0 Å². The minimum Gasteiger partial charge on any atom is -0.307 e. The molecule has 0 unspecified atom stereocenters. The van der Waals surface area contributed by atoms with E-state index in [0.29, 0.717) is 6.04 Å². The predicted molar refractivity (Wildman–Crippen MR) is 68.5 cm³/mol. The van der Waals surface area contributed by atoms with Crippen LogP contribution in [0, 0.1) is 5.82 Å². The number of nitrogens with zero attached hydrogens (tertiary/aromatic N) is 1. The van der Waals surface area contributed by atoms with Crippen LogP contribution in [0.2, 0.25) is 0 Å². The number of hydrogen-bond donors (Lipinski definition) is 1. The van der Waals surface area contributed by atoms with Crippen LogP contribution in [0.15, 0.2) is 24.3 Å². The summed E-state index contributed by atoms with van der Waals surface area (Å²) in [5.41, 5.74) is 1.03. The van der Waals surface area contributed by atoms with Gasteiger partial charge >= 0.3 is 0 Å². The molecule has 0 spiro atoms. The summed E-state index contributed by atoms with van der Waals surface area (Å²) in [5.74, 6) is -0.153. The topological polar surface area (TPSA) is 15.3 Å². The first-order valence-electron chi connectivity index (χ1n) is 6.35. The van der Waals surface area contributed by atoms with Crippen molar-refractivity contribution in [2.45, 2.75) is 31.8 Å². The summed E-state index contributed by atoms with van der Waals surface area (Å²) in [4.78, 5) is 2.35. The molecule has 1 aromatic carbocycles. The van der Waals surface area contributed by atoms with Gasteiger partial charge in [0, 0.05) is 12.1 Å². The van der Waals surface area contributed by atoms with Crippen molar-refractivity contribution < 1.29 is 4.39 Å². The molecule has 3 heteroatoms. The van der Waals surface area contributed by atoms with Gasteiger partial charge in [-0.25, -0.2) is 4.39 Å². The van der Waals surface area contributed by atoms with E-state index in [1.807, 2.05) is 6.07 Å². The number of halogens is 1. The van der Waals surface area contributed by atoms with Crippen LogP contribution < -0.4 is 5.32 Å². The molecule has 1 fully saturated rings. The molecule has 0 radical (unpaired) electrons. The zero-order valence-corrected chi connectivity index (χ0v) is 10.6. The number of rotatable bonds is 3. The van der Waals surface area contributed by atoms with Crippen molar-refractivity contribution in [1.29, 1.82) is 0 Å². The van der Waals surface area contributed by atoms with E-state index in [1.165, 1.54) is 18.9 Å². The first kappa shape index (κ1) is 12.5. The number of hydrogen-bond acceptors (Lipinski definition) is 2. The summed E-state index contributed by atoms with van der Waals surface area (Å²) < 4.78 is 13.1. The molecule has 1 aliphatic heterocycles. The van der Waals surface area contributed by atoms with Crippen LogP contribution in [0.5, 0.6) is 0 Å². The van der Waals surface area contributed by atoms with E-state index in [0.717, 1.165) is 18.7 Å². The van der Waals surface area contributed by atoms with Crippen molar-refractivity contribution in [1.82, 2.24) is 10.2 Å². The minimum absolute atomic E-state index is 0.153. The maximum atomic E-state index is 13.1. The van der Waals surface area contributed by atoms with Gasteiger partial charge in [0.25, 0.3) is 0 Å². The van der Waals surface area contributed by atoms with Crippen molar-refractivity contribution in [3.05, 3.63) is 35.6 Å². The lowest BCUT2D eigenvalue weighted by Crippen LogP contribution is -2.41. The summed E-state index contributed by atoms with van der Waals surface area (Å²) in [5, 5.41) is 3.59. The largest absolute Gasteiger partial charge is 0.307 e. The molecule has 1 N–H and O–H groups in total. The lowest BCUT2D eigenvalue weighted by molar-refractivity contribution is 0.226. The lowest BCUT2D eigenvalue weighted by Gasteiger charge is -2.31. The molecule has 94 valence electrons. The van der Waals surface area contributed by atoms with Gasteiger partial charge in [0.1, 0.15) is 5.82 Å². The highest BCUT2D eigenvalue weighted by Gasteiger charge is 2.18. The fraction of sp³-hybridized carbons (Fsp3) is 0.571. The Morgan fingerprint density at radius 3 is 2.71 bits per heavy atom. The van der Waals surface area contributed by atoms with Crippen LogP contribution >= 0.6 is 0 Å². The van der Waals surface area contributed by atoms with Crippen LogP contribution in [0.3, 0.4) is 0 Å². The molecule has 0 bridgehead atoms. The highest BCUT2D eigenvalue weighted by molar-refractivity contribution is 5.19. The average molecular weight is 236 g/mol. The molecular weight excluding hydrogens is 215 g/mol. The minimum atomic E-state index is -0.153. The van der Waals surface area contributed by atoms with Gasteiger partial charge < -0.3 is 10.2 Å². The Hall–Kier alpha value is -0.930. The number of piperidine rings is 1. The maximum absolute atomic E-state index is 13.1. The second-order valence-electron chi connectivity index (χ2n) is 5.02. The van der Waals surface area contributed by atoms with E-state index < -0.39 is 0 Å². The van der Waals surface area contributed by atoms with E-state index in [2.05, 4.69) is 24.2 Å². The van der Waals surface area contributed by atoms with Crippen LogP contribution in [-0.4, -0.2) is 31.1 Å². The quantitative estimate of drug-likeness (QED) is 0.867. The van der Waals surface area contributed by atoms with Crippen molar-refractivity contribution in [2.75, 3.05) is 20.1 Å². The summed E-state index contributed by atoms with van der Waals surface area (Å²) in [7, 11) is 2.16. The van der Waals surface area contributed by atoms with E-state index in [1.54, 1.807) is 12.1 Å². The van der Waals surface area contributed by atoms with Gasteiger partial charge in [-0.3, -0.25) is 0 Å². The standard InChI is InChI=1S/C14H21FN2/c1-11(12-4-3-5-13(15)10-12)16-14-6-8-17(2)9-7-14/h3-5,10-11,14,16H,6-9H2,1-2H3/t11-/m0/s1. The average Bonchev–Trinajstić information content (AvgIpc) is 2.32. The molecule has 2 nitrogen and oxygen atoms in total. The number of nitrogens with one attached hydrogen (secondary N) is 1. The maximum Gasteiger partial charge on any atom is 0.123 e. The Balaban J connectivity index is 1.90. The lowest BCUT2D eigenvalue weighted by atomic mass is 10.0. The Morgan fingerprint density at radius 1 is 1.35 bits per heavy atom. The van der Waals surface area contributed by atoms with Gasteiger partial charge in [-0.15, -0.1) is 0 Å². The first-order chi connectivity index (χ1) is 8.15. The Morgan fingerprint density at radius 2 is 2.06 bits per heavy atom.